The standard InChI is InChI=1S/C19H21N5O4S/c1-4-9-23-12(3)16(18(25)20-15-10-11(2)28-22-15)17(21-19(23)29)13-5-7-14(8-6-13)24(26)27/h5-8,10,17H,4,9H2,1-3H3,(H,21,29)(H,20,22,25)/t17-/m0/s1. The summed E-state index contributed by atoms with van der Waals surface area (Å²) in [5.74, 6) is 0.536. The molecule has 10 heteroatoms. The summed E-state index contributed by atoms with van der Waals surface area (Å²) in [5.41, 5.74) is 1.85. The van der Waals surface area contributed by atoms with Crippen LogP contribution >= 0.6 is 12.2 Å². The van der Waals surface area contributed by atoms with Gasteiger partial charge in [-0.25, -0.2) is 0 Å². The number of hydrogen-bond acceptors (Lipinski definition) is 6. The molecule has 1 aliphatic heterocycles. The monoisotopic (exact) mass is 415 g/mol. The first-order valence-electron chi connectivity index (χ1n) is 9.09. The Balaban J connectivity index is 2.01. The van der Waals surface area contributed by atoms with Crippen molar-refractivity contribution in [1.29, 1.82) is 0 Å². The van der Waals surface area contributed by atoms with Crippen LogP contribution in [-0.4, -0.2) is 32.5 Å². The Labute approximate surface area is 172 Å². The largest absolute Gasteiger partial charge is 0.360 e. The fraction of sp³-hybridized carbons (Fsp3) is 0.316. The number of rotatable bonds is 6. The minimum absolute atomic E-state index is 0.0236. The molecular formula is C19H21N5O4S. The van der Waals surface area contributed by atoms with Gasteiger partial charge in [-0.05, 0) is 50.2 Å². The number of aromatic nitrogens is 1. The highest BCUT2D eigenvalue weighted by Gasteiger charge is 2.34. The molecule has 152 valence electrons. The Morgan fingerprint density at radius 1 is 1.38 bits per heavy atom. The molecule has 1 atom stereocenters. The van der Waals surface area contributed by atoms with Gasteiger partial charge in [0.05, 0.1) is 16.5 Å². The van der Waals surface area contributed by atoms with E-state index in [4.69, 9.17) is 16.7 Å². The van der Waals surface area contributed by atoms with Crippen molar-refractivity contribution in [2.24, 2.45) is 0 Å². The van der Waals surface area contributed by atoms with Gasteiger partial charge in [-0.2, -0.15) is 0 Å². The highest BCUT2D eigenvalue weighted by molar-refractivity contribution is 7.80. The molecule has 0 bridgehead atoms. The number of nitrogens with zero attached hydrogens (tertiary/aromatic N) is 3. The molecule has 0 saturated carbocycles. The second kappa shape index (κ2) is 8.39. The molecule has 0 radical (unpaired) electrons. The highest BCUT2D eigenvalue weighted by Crippen LogP contribution is 2.32. The third kappa shape index (κ3) is 4.27. The average Bonchev–Trinajstić information content (AvgIpc) is 3.09. The predicted molar refractivity (Wildman–Crippen MR) is 111 cm³/mol. The summed E-state index contributed by atoms with van der Waals surface area (Å²) in [5, 5.41) is 21.2. The zero-order chi connectivity index (χ0) is 21.1. The quantitative estimate of drug-likeness (QED) is 0.419. The second-order valence-electron chi connectivity index (χ2n) is 6.66. The van der Waals surface area contributed by atoms with E-state index in [9.17, 15) is 14.9 Å². The summed E-state index contributed by atoms with van der Waals surface area (Å²) in [6.07, 6.45) is 0.846. The van der Waals surface area contributed by atoms with Crippen LogP contribution in [0.4, 0.5) is 11.5 Å². The molecule has 1 aromatic carbocycles. The average molecular weight is 415 g/mol. The van der Waals surface area contributed by atoms with E-state index in [-0.39, 0.29) is 11.6 Å². The summed E-state index contributed by atoms with van der Waals surface area (Å²) in [6.45, 7) is 6.25. The summed E-state index contributed by atoms with van der Waals surface area (Å²) in [7, 11) is 0. The first kappa shape index (κ1) is 20.5. The van der Waals surface area contributed by atoms with Crippen molar-refractivity contribution in [2.75, 3.05) is 11.9 Å². The minimum atomic E-state index is -0.551. The van der Waals surface area contributed by atoms with Crippen molar-refractivity contribution in [3.63, 3.8) is 0 Å². The smallest absolute Gasteiger partial charge is 0.269 e. The minimum Gasteiger partial charge on any atom is -0.360 e. The van der Waals surface area contributed by atoms with E-state index in [2.05, 4.69) is 15.8 Å². The fourth-order valence-electron chi connectivity index (χ4n) is 3.22. The van der Waals surface area contributed by atoms with Gasteiger partial charge in [0.1, 0.15) is 5.76 Å². The van der Waals surface area contributed by atoms with Crippen molar-refractivity contribution in [3.8, 4) is 0 Å². The molecule has 29 heavy (non-hydrogen) atoms. The van der Waals surface area contributed by atoms with Gasteiger partial charge < -0.3 is 20.1 Å². The lowest BCUT2D eigenvalue weighted by atomic mass is 9.94. The number of nitrogens with one attached hydrogen (secondary N) is 2. The van der Waals surface area contributed by atoms with Crippen LogP contribution in [0, 0.1) is 17.0 Å². The number of nitro benzene ring substituents is 1. The van der Waals surface area contributed by atoms with E-state index >= 15 is 0 Å². The number of allylic oxidation sites excluding steroid dienone is 1. The molecule has 0 fully saturated rings. The normalized spacial score (nSPS) is 16.6. The van der Waals surface area contributed by atoms with Gasteiger partial charge in [0, 0.05) is 30.4 Å². The first-order chi connectivity index (χ1) is 13.8. The van der Waals surface area contributed by atoms with Crippen LogP contribution in [0.3, 0.4) is 0 Å². The zero-order valence-electron chi connectivity index (χ0n) is 16.3. The molecule has 2 heterocycles. The topological polar surface area (TPSA) is 114 Å². The van der Waals surface area contributed by atoms with Gasteiger partial charge in [-0.15, -0.1) is 0 Å². The van der Waals surface area contributed by atoms with Gasteiger partial charge >= 0.3 is 0 Å². The van der Waals surface area contributed by atoms with E-state index in [1.807, 2.05) is 18.7 Å². The van der Waals surface area contributed by atoms with E-state index in [0.29, 0.717) is 34.4 Å². The number of aryl methyl sites for hydroxylation is 1. The maximum atomic E-state index is 13.1. The van der Waals surface area contributed by atoms with Crippen molar-refractivity contribution in [2.45, 2.75) is 33.2 Å². The Hall–Kier alpha value is -3.27. The molecular weight excluding hydrogens is 394 g/mol. The predicted octanol–water partition coefficient (Wildman–Crippen LogP) is 3.45. The summed E-state index contributed by atoms with van der Waals surface area (Å²) in [6, 6.07) is 7.13. The second-order valence-corrected chi connectivity index (χ2v) is 7.05. The van der Waals surface area contributed by atoms with Gasteiger partial charge in [-0.1, -0.05) is 12.1 Å². The molecule has 0 aliphatic carbocycles. The lowest BCUT2D eigenvalue weighted by Gasteiger charge is -2.37. The lowest BCUT2D eigenvalue weighted by Crippen LogP contribution is -2.48. The van der Waals surface area contributed by atoms with E-state index in [1.165, 1.54) is 12.1 Å². The zero-order valence-corrected chi connectivity index (χ0v) is 17.1. The molecule has 1 aliphatic rings. The van der Waals surface area contributed by atoms with Gasteiger partial charge in [0.25, 0.3) is 11.6 Å². The Kier molecular flexibility index (Phi) is 5.92. The van der Waals surface area contributed by atoms with Gasteiger partial charge in [0.15, 0.2) is 10.9 Å². The SMILES string of the molecule is CCCN1C(=S)N[C@@H](c2ccc([N+](=O)[O-])cc2)C(C(=O)Nc2cc(C)on2)=C1C. The molecule has 0 saturated heterocycles. The molecule has 2 N–H and O–H groups in total. The maximum absolute atomic E-state index is 13.1. The van der Waals surface area contributed by atoms with Crippen LogP contribution < -0.4 is 10.6 Å². The van der Waals surface area contributed by atoms with Crippen LogP contribution in [0.15, 0.2) is 46.1 Å². The van der Waals surface area contributed by atoms with Crippen molar-refractivity contribution in [3.05, 3.63) is 63.0 Å². The number of amides is 1. The van der Waals surface area contributed by atoms with E-state index in [1.54, 1.807) is 25.1 Å². The number of thiocarbonyl (C=S) groups is 1. The van der Waals surface area contributed by atoms with Gasteiger partial charge in [0.2, 0.25) is 0 Å². The molecule has 1 aromatic heterocycles. The summed E-state index contributed by atoms with van der Waals surface area (Å²) in [4.78, 5) is 25.5. The number of benzene rings is 1. The van der Waals surface area contributed by atoms with Crippen molar-refractivity contribution >= 4 is 34.7 Å². The number of carbonyl (C=O) groups is 1. The number of anilines is 1. The molecule has 9 nitrogen and oxygen atoms in total. The maximum Gasteiger partial charge on any atom is 0.269 e. The number of non-ortho nitro benzene ring substituents is 1. The van der Waals surface area contributed by atoms with Crippen molar-refractivity contribution < 1.29 is 14.2 Å². The Morgan fingerprint density at radius 3 is 2.62 bits per heavy atom. The van der Waals surface area contributed by atoms with Gasteiger partial charge in [-0.3, -0.25) is 14.9 Å². The molecule has 2 aromatic rings. The fourth-order valence-corrected chi connectivity index (χ4v) is 3.56. The molecule has 1 amide bonds. The first-order valence-corrected chi connectivity index (χ1v) is 9.50. The van der Waals surface area contributed by atoms with E-state index < -0.39 is 11.0 Å². The highest BCUT2D eigenvalue weighted by atomic mass is 32.1. The van der Waals surface area contributed by atoms with Crippen LogP contribution in [0.1, 0.15) is 37.6 Å². The van der Waals surface area contributed by atoms with Crippen LogP contribution in [0.25, 0.3) is 0 Å². The number of nitro groups is 1. The molecule has 0 spiro atoms. The lowest BCUT2D eigenvalue weighted by molar-refractivity contribution is -0.384. The Morgan fingerprint density at radius 2 is 2.07 bits per heavy atom. The van der Waals surface area contributed by atoms with Crippen molar-refractivity contribution in [1.82, 2.24) is 15.4 Å². The number of hydrogen-bond donors (Lipinski definition) is 2. The van der Waals surface area contributed by atoms with Crippen LogP contribution in [0.2, 0.25) is 0 Å². The van der Waals surface area contributed by atoms with E-state index in [0.717, 1.165) is 12.1 Å². The Bertz CT molecular complexity index is 983. The third-order valence-electron chi connectivity index (χ3n) is 4.59. The summed E-state index contributed by atoms with van der Waals surface area (Å²) >= 11 is 5.50. The summed E-state index contributed by atoms with van der Waals surface area (Å²) < 4.78 is 5.01. The molecule has 3 rings (SSSR count). The number of carbonyl (C=O) groups excluding carboxylic acids is 1. The molecule has 0 unspecified atom stereocenters. The van der Waals surface area contributed by atoms with Crippen LogP contribution in [-0.2, 0) is 4.79 Å². The third-order valence-corrected chi connectivity index (χ3v) is 4.93. The van der Waals surface area contributed by atoms with Crippen LogP contribution in [0.5, 0.6) is 0 Å².